The fraction of sp³-hybridized carbons (Fsp3) is 0.174. The number of amides is 1. The Kier molecular flexibility index (Phi) is 5.63. The SMILES string of the molecule is Cc1ccccc1CC(=O)NCC(c1ccccc1)c1ccccc1. The van der Waals surface area contributed by atoms with Crippen molar-refractivity contribution in [3.05, 3.63) is 107 Å². The zero-order valence-electron chi connectivity index (χ0n) is 14.5. The van der Waals surface area contributed by atoms with Gasteiger partial charge in [0.15, 0.2) is 0 Å². The van der Waals surface area contributed by atoms with Gasteiger partial charge in [0, 0.05) is 12.5 Å². The predicted molar refractivity (Wildman–Crippen MR) is 103 cm³/mol. The molecular formula is C23H23NO. The molecule has 0 atom stereocenters. The van der Waals surface area contributed by atoms with Gasteiger partial charge < -0.3 is 5.32 Å². The van der Waals surface area contributed by atoms with Gasteiger partial charge in [-0.2, -0.15) is 0 Å². The van der Waals surface area contributed by atoms with Crippen molar-refractivity contribution in [1.29, 1.82) is 0 Å². The molecule has 126 valence electrons. The van der Waals surface area contributed by atoms with Gasteiger partial charge in [-0.05, 0) is 29.2 Å². The van der Waals surface area contributed by atoms with Crippen molar-refractivity contribution < 1.29 is 4.79 Å². The van der Waals surface area contributed by atoms with Crippen molar-refractivity contribution in [2.45, 2.75) is 19.3 Å². The van der Waals surface area contributed by atoms with Crippen molar-refractivity contribution in [1.82, 2.24) is 5.32 Å². The Balaban J connectivity index is 1.71. The molecule has 0 saturated heterocycles. The minimum atomic E-state index is 0.0613. The number of aryl methyl sites for hydroxylation is 1. The Morgan fingerprint density at radius 2 is 1.32 bits per heavy atom. The lowest BCUT2D eigenvalue weighted by molar-refractivity contribution is -0.120. The Labute approximate surface area is 149 Å². The third-order valence-electron chi connectivity index (χ3n) is 4.52. The number of carbonyl (C=O) groups excluding carboxylic acids is 1. The molecule has 25 heavy (non-hydrogen) atoms. The Hall–Kier alpha value is -2.87. The molecule has 3 aromatic rings. The van der Waals surface area contributed by atoms with Crippen molar-refractivity contribution in [2.24, 2.45) is 0 Å². The summed E-state index contributed by atoms with van der Waals surface area (Å²) >= 11 is 0. The summed E-state index contributed by atoms with van der Waals surface area (Å²) in [5, 5.41) is 3.12. The van der Waals surface area contributed by atoms with E-state index < -0.39 is 0 Å². The second-order valence-corrected chi connectivity index (χ2v) is 6.28. The summed E-state index contributed by atoms with van der Waals surface area (Å²) in [6, 6.07) is 28.7. The molecule has 0 bridgehead atoms. The van der Waals surface area contributed by atoms with Gasteiger partial charge in [-0.25, -0.2) is 0 Å². The van der Waals surface area contributed by atoms with Crippen LogP contribution >= 0.6 is 0 Å². The van der Waals surface area contributed by atoms with E-state index in [-0.39, 0.29) is 11.8 Å². The van der Waals surface area contributed by atoms with Gasteiger partial charge in [-0.1, -0.05) is 84.9 Å². The van der Waals surface area contributed by atoms with Crippen molar-refractivity contribution in [3.8, 4) is 0 Å². The van der Waals surface area contributed by atoms with Crippen molar-refractivity contribution in [2.75, 3.05) is 6.54 Å². The van der Waals surface area contributed by atoms with E-state index in [1.807, 2.05) is 67.6 Å². The summed E-state index contributed by atoms with van der Waals surface area (Å²) in [6.45, 7) is 2.64. The van der Waals surface area contributed by atoms with Crippen LogP contribution in [0.2, 0.25) is 0 Å². The molecular weight excluding hydrogens is 306 g/mol. The molecule has 0 aromatic heterocycles. The monoisotopic (exact) mass is 329 g/mol. The van der Waals surface area contributed by atoms with Gasteiger partial charge in [0.25, 0.3) is 0 Å². The highest BCUT2D eigenvalue weighted by Crippen LogP contribution is 2.23. The number of hydrogen-bond acceptors (Lipinski definition) is 1. The van der Waals surface area contributed by atoms with E-state index in [4.69, 9.17) is 0 Å². The molecule has 0 saturated carbocycles. The summed E-state index contributed by atoms with van der Waals surface area (Å²) in [5.41, 5.74) is 4.66. The minimum Gasteiger partial charge on any atom is -0.355 e. The topological polar surface area (TPSA) is 29.1 Å². The lowest BCUT2D eigenvalue weighted by Gasteiger charge is -2.19. The van der Waals surface area contributed by atoms with Gasteiger partial charge in [0.2, 0.25) is 5.91 Å². The molecule has 1 amide bonds. The fourth-order valence-electron chi connectivity index (χ4n) is 3.06. The molecule has 0 aliphatic carbocycles. The summed E-state index contributed by atoms with van der Waals surface area (Å²) in [6.07, 6.45) is 0.420. The Bertz CT molecular complexity index is 772. The highest BCUT2D eigenvalue weighted by atomic mass is 16.1. The molecule has 0 heterocycles. The first-order chi connectivity index (χ1) is 12.2. The van der Waals surface area contributed by atoms with Crippen LogP contribution < -0.4 is 5.32 Å². The second-order valence-electron chi connectivity index (χ2n) is 6.28. The zero-order valence-corrected chi connectivity index (χ0v) is 14.5. The highest BCUT2D eigenvalue weighted by molar-refractivity contribution is 5.79. The average Bonchev–Trinajstić information content (AvgIpc) is 2.66. The smallest absolute Gasteiger partial charge is 0.224 e. The molecule has 0 fully saturated rings. The van der Waals surface area contributed by atoms with E-state index in [1.165, 1.54) is 11.1 Å². The quantitative estimate of drug-likeness (QED) is 0.709. The fourth-order valence-corrected chi connectivity index (χ4v) is 3.06. The van der Waals surface area contributed by atoms with E-state index in [9.17, 15) is 4.79 Å². The molecule has 0 aliphatic rings. The van der Waals surface area contributed by atoms with Crippen LogP contribution in [0.3, 0.4) is 0 Å². The van der Waals surface area contributed by atoms with Crippen molar-refractivity contribution >= 4 is 5.91 Å². The standard InChI is InChI=1S/C23H23NO/c1-18-10-8-9-15-21(18)16-23(25)24-17-22(19-11-4-2-5-12-19)20-13-6-3-7-14-20/h2-15,22H,16-17H2,1H3,(H,24,25). The number of carbonyl (C=O) groups is 1. The van der Waals surface area contributed by atoms with Gasteiger partial charge in [-0.3, -0.25) is 4.79 Å². The van der Waals surface area contributed by atoms with Crippen LogP contribution in [0.25, 0.3) is 0 Å². The van der Waals surface area contributed by atoms with Crippen LogP contribution in [-0.2, 0) is 11.2 Å². The molecule has 1 N–H and O–H groups in total. The molecule has 2 nitrogen and oxygen atoms in total. The van der Waals surface area contributed by atoms with E-state index in [1.54, 1.807) is 0 Å². The molecule has 0 radical (unpaired) electrons. The van der Waals surface area contributed by atoms with Crippen LogP contribution in [0.1, 0.15) is 28.2 Å². The first-order valence-electron chi connectivity index (χ1n) is 8.65. The van der Waals surface area contributed by atoms with Gasteiger partial charge in [0.1, 0.15) is 0 Å². The Morgan fingerprint density at radius 3 is 1.88 bits per heavy atom. The van der Waals surface area contributed by atoms with Gasteiger partial charge in [-0.15, -0.1) is 0 Å². The average molecular weight is 329 g/mol. The van der Waals surface area contributed by atoms with E-state index in [0.29, 0.717) is 13.0 Å². The van der Waals surface area contributed by atoms with Crippen LogP contribution in [0.5, 0.6) is 0 Å². The second kappa shape index (κ2) is 8.29. The zero-order chi connectivity index (χ0) is 17.5. The lowest BCUT2D eigenvalue weighted by atomic mass is 9.91. The molecule has 2 heteroatoms. The first kappa shape index (κ1) is 17.0. The van der Waals surface area contributed by atoms with E-state index >= 15 is 0 Å². The maximum Gasteiger partial charge on any atom is 0.224 e. The first-order valence-corrected chi connectivity index (χ1v) is 8.65. The molecule has 3 aromatic carbocycles. The maximum absolute atomic E-state index is 12.4. The lowest BCUT2D eigenvalue weighted by Crippen LogP contribution is -2.30. The minimum absolute atomic E-state index is 0.0613. The number of benzene rings is 3. The summed E-state index contributed by atoms with van der Waals surface area (Å²) < 4.78 is 0. The largest absolute Gasteiger partial charge is 0.355 e. The molecule has 0 unspecified atom stereocenters. The maximum atomic E-state index is 12.4. The highest BCUT2D eigenvalue weighted by Gasteiger charge is 2.15. The number of rotatable bonds is 6. The summed E-state index contributed by atoms with van der Waals surface area (Å²) in [7, 11) is 0. The molecule has 0 aliphatic heterocycles. The van der Waals surface area contributed by atoms with Gasteiger partial charge >= 0.3 is 0 Å². The summed E-state index contributed by atoms with van der Waals surface area (Å²) in [5.74, 6) is 0.217. The van der Waals surface area contributed by atoms with Crippen LogP contribution in [-0.4, -0.2) is 12.5 Å². The molecule has 3 rings (SSSR count). The van der Waals surface area contributed by atoms with Crippen molar-refractivity contribution in [3.63, 3.8) is 0 Å². The third-order valence-corrected chi connectivity index (χ3v) is 4.52. The third kappa shape index (κ3) is 4.57. The Morgan fingerprint density at radius 1 is 0.800 bits per heavy atom. The number of nitrogens with one attached hydrogen (secondary N) is 1. The van der Waals surface area contributed by atoms with E-state index in [0.717, 1.165) is 11.1 Å². The number of hydrogen-bond donors (Lipinski definition) is 1. The van der Waals surface area contributed by atoms with E-state index in [2.05, 4.69) is 29.6 Å². The molecule has 0 spiro atoms. The summed E-state index contributed by atoms with van der Waals surface area (Å²) in [4.78, 5) is 12.4. The van der Waals surface area contributed by atoms with Crippen LogP contribution in [0.4, 0.5) is 0 Å². The normalized spacial score (nSPS) is 10.6. The van der Waals surface area contributed by atoms with Gasteiger partial charge in [0.05, 0.1) is 6.42 Å². The van der Waals surface area contributed by atoms with Crippen LogP contribution in [0.15, 0.2) is 84.9 Å². The van der Waals surface area contributed by atoms with Crippen LogP contribution in [0, 0.1) is 6.92 Å². The predicted octanol–water partition coefficient (Wildman–Crippen LogP) is 4.49.